The van der Waals surface area contributed by atoms with E-state index in [1.54, 1.807) is 0 Å². The minimum atomic E-state index is -0.0691. The maximum absolute atomic E-state index is 12.7. The summed E-state index contributed by atoms with van der Waals surface area (Å²) in [6.45, 7) is 10.6. The first kappa shape index (κ1) is 16.0. The molecule has 1 saturated carbocycles. The van der Waals surface area contributed by atoms with E-state index in [9.17, 15) is 4.79 Å². The lowest BCUT2D eigenvalue weighted by atomic mass is 9.61. The Kier molecular flexibility index (Phi) is 4.43. The smallest absolute Gasteiger partial charge is 0.228 e. The molecule has 0 aliphatic heterocycles. The summed E-state index contributed by atoms with van der Waals surface area (Å²) >= 11 is 0. The second-order valence-corrected chi connectivity index (χ2v) is 7.21. The number of hydrogen-bond donors (Lipinski definition) is 2. The summed E-state index contributed by atoms with van der Waals surface area (Å²) < 4.78 is 0. The highest BCUT2D eigenvalue weighted by atomic mass is 16.1. The van der Waals surface area contributed by atoms with Gasteiger partial charge in [-0.05, 0) is 49.7 Å². The maximum Gasteiger partial charge on any atom is 0.228 e. The van der Waals surface area contributed by atoms with Crippen LogP contribution < -0.4 is 11.1 Å². The molecule has 3 nitrogen and oxygen atoms in total. The number of nitrogens with one attached hydrogen (secondary N) is 1. The highest BCUT2D eigenvalue weighted by Crippen LogP contribution is 2.44. The zero-order chi connectivity index (χ0) is 15.8. The van der Waals surface area contributed by atoms with Crippen LogP contribution in [0.1, 0.15) is 44.7 Å². The molecule has 3 heteroatoms. The standard InChI is InChI=1S/C18H28N2O/c1-11-6-9-16(12(2)10-11)20-17(21)14-7-8-15(19)13(3)18(14,4)5/h6,9-10,13-15H,7-8,19H2,1-5H3,(H,20,21). The lowest BCUT2D eigenvalue weighted by Crippen LogP contribution is -2.50. The second kappa shape index (κ2) is 5.80. The van der Waals surface area contributed by atoms with Crippen LogP contribution in [0, 0.1) is 31.1 Å². The molecule has 0 heterocycles. The molecule has 0 bridgehead atoms. The van der Waals surface area contributed by atoms with Crippen LogP contribution in [0.5, 0.6) is 0 Å². The van der Waals surface area contributed by atoms with Gasteiger partial charge >= 0.3 is 0 Å². The Hall–Kier alpha value is -1.35. The van der Waals surface area contributed by atoms with Gasteiger partial charge in [0.15, 0.2) is 0 Å². The number of rotatable bonds is 2. The summed E-state index contributed by atoms with van der Waals surface area (Å²) in [7, 11) is 0. The fraction of sp³-hybridized carbons (Fsp3) is 0.611. The highest BCUT2D eigenvalue weighted by Gasteiger charge is 2.44. The monoisotopic (exact) mass is 288 g/mol. The molecule has 1 aromatic rings. The zero-order valence-corrected chi connectivity index (χ0v) is 13.9. The summed E-state index contributed by atoms with van der Waals surface area (Å²) in [5, 5.41) is 3.12. The van der Waals surface area contributed by atoms with Crippen molar-refractivity contribution in [3.63, 3.8) is 0 Å². The summed E-state index contributed by atoms with van der Waals surface area (Å²) in [6, 6.07) is 6.33. The van der Waals surface area contributed by atoms with Crippen LogP contribution >= 0.6 is 0 Å². The molecule has 0 spiro atoms. The van der Waals surface area contributed by atoms with Gasteiger partial charge in [-0.15, -0.1) is 0 Å². The SMILES string of the molecule is Cc1ccc(NC(=O)C2CCC(N)C(C)C2(C)C)c(C)c1. The molecule has 1 fully saturated rings. The molecule has 3 N–H and O–H groups in total. The first-order chi connectivity index (χ1) is 9.73. The van der Waals surface area contributed by atoms with Crippen molar-refractivity contribution in [2.24, 2.45) is 23.0 Å². The topological polar surface area (TPSA) is 55.1 Å². The molecule has 0 radical (unpaired) electrons. The van der Waals surface area contributed by atoms with Crippen LogP contribution in [0.15, 0.2) is 18.2 Å². The Morgan fingerprint density at radius 3 is 2.57 bits per heavy atom. The molecule has 0 aromatic heterocycles. The average Bonchev–Trinajstić information content (AvgIpc) is 2.39. The number of nitrogens with two attached hydrogens (primary N) is 1. The number of benzene rings is 1. The molecule has 1 aliphatic rings. The van der Waals surface area contributed by atoms with E-state index in [2.05, 4.69) is 39.1 Å². The molecule has 1 aliphatic carbocycles. The highest BCUT2D eigenvalue weighted by molar-refractivity contribution is 5.93. The maximum atomic E-state index is 12.7. The Morgan fingerprint density at radius 2 is 1.95 bits per heavy atom. The van der Waals surface area contributed by atoms with Crippen molar-refractivity contribution in [2.75, 3.05) is 5.32 Å². The molecule has 21 heavy (non-hydrogen) atoms. The molecular formula is C18H28N2O. The Labute approximate surface area is 128 Å². The predicted molar refractivity (Wildman–Crippen MR) is 88.2 cm³/mol. The summed E-state index contributed by atoms with van der Waals surface area (Å²) in [4.78, 5) is 12.7. The van der Waals surface area contributed by atoms with Crippen molar-refractivity contribution in [1.82, 2.24) is 0 Å². The summed E-state index contributed by atoms with van der Waals surface area (Å²) in [5.41, 5.74) is 9.35. The second-order valence-electron chi connectivity index (χ2n) is 7.21. The van der Waals surface area contributed by atoms with E-state index in [1.807, 2.05) is 19.1 Å². The molecular weight excluding hydrogens is 260 g/mol. The first-order valence-corrected chi connectivity index (χ1v) is 7.87. The normalized spacial score (nSPS) is 28.2. The van der Waals surface area contributed by atoms with E-state index in [0.717, 1.165) is 24.1 Å². The van der Waals surface area contributed by atoms with Crippen molar-refractivity contribution in [1.29, 1.82) is 0 Å². The van der Waals surface area contributed by atoms with E-state index in [1.165, 1.54) is 5.56 Å². The van der Waals surface area contributed by atoms with Gasteiger partial charge in [-0.2, -0.15) is 0 Å². The molecule has 116 valence electrons. The Bertz CT molecular complexity index is 536. The molecule has 2 rings (SSSR count). The van der Waals surface area contributed by atoms with E-state index in [-0.39, 0.29) is 23.3 Å². The van der Waals surface area contributed by atoms with Gasteiger partial charge in [0, 0.05) is 17.6 Å². The van der Waals surface area contributed by atoms with Crippen molar-refractivity contribution in [2.45, 2.75) is 53.5 Å². The van der Waals surface area contributed by atoms with Gasteiger partial charge in [-0.25, -0.2) is 0 Å². The van der Waals surface area contributed by atoms with Crippen molar-refractivity contribution < 1.29 is 4.79 Å². The van der Waals surface area contributed by atoms with Crippen LogP contribution in [0.4, 0.5) is 5.69 Å². The number of anilines is 1. The number of carbonyl (C=O) groups excluding carboxylic acids is 1. The zero-order valence-electron chi connectivity index (χ0n) is 13.9. The van der Waals surface area contributed by atoms with Crippen LogP contribution in [0.2, 0.25) is 0 Å². The minimum absolute atomic E-state index is 0.0213. The van der Waals surface area contributed by atoms with Gasteiger partial charge in [-0.3, -0.25) is 4.79 Å². The van der Waals surface area contributed by atoms with E-state index in [0.29, 0.717) is 5.92 Å². The van der Waals surface area contributed by atoms with Gasteiger partial charge < -0.3 is 11.1 Å². The third-order valence-corrected chi connectivity index (χ3v) is 5.46. The quantitative estimate of drug-likeness (QED) is 0.873. The van der Waals surface area contributed by atoms with E-state index in [4.69, 9.17) is 5.73 Å². The van der Waals surface area contributed by atoms with Crippen LogP contribution in [-0.2, 0) is 4.79 Å². The van der Waals surface area contributed by atoms with Crippen molar-refractivity contribution in [3.8, 4) is 0 Å². The molecule has 0 saturated heterocycles. The van der Waals surface area contributed by atoms with Gasteiger partial charge in [-0.1, -0.05) is 38.5 Å². The van der Waals surface area contributed by atoms with Crippen LogP contribution in [-0.4, -0.2) is 11.9 Å². The van der Waals surface area contributed by atoms with Crippen molar-refractivity contribution in [3.05, 3.63) is 29.3 Å². The Morgan fingerprint density at radius 1 is 1.29 bits per heavy atom. The minimum Gasteiger partial charge on any atom is -0.327 e. The molecule has 3 unspecified atom stereocenters. The van der Waals surface area contributed by atoms with Gasteiger partial charge in [0.1, 0.15) is 0 Å². The van der Waals surface area contributed by atoms with E-state index >= 15 is 0 Å². The molecule has 1 amide bonds. The predicted octanol–water partition coefficient (Wildman–Crippen LogP) is 3.64. The third kappa shape index (κ3) is 3.13. The molecule has 3 atom stereocenters. The number of carbonyl (C=O) groups is 1. The number of hydrogen-bond acceptors (Lipinski definition) is 2. The first-order valence-electron chi connectivity index (χ1n) is 7.87. The van der Waals surface area contributed by atoms with E-state index < -0.39 is 0 Å². The molecule has 1 aromatic carbocycles. The van der Waals surface area contributed by atoms with Gasteiger partial charge in [0.25, 0.3) is 0 Å². The average molecular weight is 288 g/mol. The van der Waals surface area contributed by atoms with Crippen molar-refractivity contribution >= 4 is 11.6 Å². The summed E-state index contributed by atoms with van der Waals surface area (Å²) in [6.07, 6.45) is 1.80. The number of amides is 1. The van der Waals surface area contributed by atoms with Gasteiger partial charge in [0.05, 0.1) is 0 Å². The van der Waals surface area contributed by atoms with Crippen LogP contribution in [0.25, 0.3) is 0 Å². The summed E-state index contributed by atoms with van der Waals surface area (Å²) in [5.74, 6) is 0.500. The lowest BCUT2D eigenvalue weighted by molar-refractivity contribution is -0.127. The van der Waals surface area contributed by atoms with Gasteiger partial charge in [0.2, 0.25) is 5.91 Å². The Balaban J connectivity index is 2.16. The lowest BCUT2D eigenvalue weighted by Gasteiger charge is -2.46. The fourth-order valence-electron chi connectivity index (χ4n) is 3.49. The largest absolute Gasteiger partial charge is 0.327 e. The third-order valence-electron chi connectivity index (χ3n) is 5.46. The fourth-order valence-corrected chi connectivity index (χ4v) is 3.49. The number of aryl methyl sites for hydroxylation is 2. The van der Waals surface area contributed by atoms with Crippen LogP contribution in [0.3, 0.4) is 0 Å².